The highest BCUT2D eigenvalue weighted by molar-refractivity contribution is 7.13. The third-order valence-corrected chi connectivity index (χ3v) is 6.31. The lowest BCUT2D eigenvalue weighted by Gasteiger charge is -2.16. The van der Waals surface area contributed by atoms with Crippen molar-refractivity contribution in [1.82, 2.24) is 19.1 Å². The highest BCUT2D eigenvalue weighted by atomic mass is 35.5. The molecule has 2 heterocycles. The van der Waals surface area contributed by atoms with Crippen molar-refractivity contribution >= 4 is 40.4 Å². The van der Waals surface area contributed by atoms with Crippen molar-refractivity contribution in [2.24, 2.45) is 0 Å². The van der Waals surface area contributed by atoms with Gasteiger partial charge in [-0.3, -0.25) is 9.36 Å². The molecule has 0 amide bonds. The van der Waals surface area contributed by atoms with Crippen LogP contribution in [0.4, 0.5) is 11.6 Å². The predicted molar refractivity (Wildman–Crippen MR) is 141 cm³/mol. The van der Waals surface area contributed by atoms with E-state index in [-0.39, 0.29) is 37.7 Å². The van der Waals surface area contributed by atoms with E-state index in [2.05, 4.69) is 15.3 Å². The number of Topliss-reactive ketones (excluding diaryl/α,β-unsaturated/α-hetero) is 1. The molecule has 0 bridgehead atoms. The lowest BCUT2D eigenvalue weighted by Crippen LogP contribution is -2.44. The number of ketones is 1. The zero-order valence-electron chi connectivity index (χ0n) is 19.9. The van der Waals surface area contributed by atoms with E-state index in [1.54, 1.807) is 54.7 Å². The Labute approximate surface area is 220 Å². The van der Waals surface area contributed by atoms with E-state index < -0.39 is 17.9 Å². The van der Waals surface area contributed by atoms with Crippen LogP contribution in [-0.2, 0) is 17.9 Å². The maximum atomic E-state index is 13.3. The van der Waals surface area contributed by atoms with Gasteiger partial charge in [-0.15, -0.1) is 0 Å². The lowest BCUT2D eigenvalue weighted by molar-refractivity contribution is -0.120. The Morgan fingerprint density at radius 2 is 1.84 bits per heavy atom. The van der Waals surface area contributed by atoms with Crippen LogP contribution in [0.2, 0.25) is 5.02 Å². The van der Waals surface area contributed by atoms with Gasteiger partial charge in [0.05, 0.1) is 13.1 Å². The van der Waals surface area contributed by atoms with E-state index in [1.807, 2.05) is 6.92 Å². The van der Waals surface area contributed by atoms with Crippen molar-refractivity contribution in [1.29, 1.82) is 0 Å². The van der Waals surface area contributed by atoms with Gasteiger partial charge in [0, 0.05) is 34.8 Å². The van der Waals surface area contributed by atoms with Crippen LogP contribution >= 0.6 is 22.9 Å². The first-order valence-corrected chi connectivity index (χ1v) is 12.6. The van der Waals surface area contributed by atoms with Crippen LogP contribution in [0.25, 0.3) is 0 Å². The van der Waals surface area contributed by atoms with Crippen LogP contribution in [-0.4, -0.2) is 36.6 Å². The van der Waals surface area contributed by atoms with Crippen LogP contribution in [0.3, 0.4) is 0 Å². The molecule has 0 radical (unpaired) electrons. The van der Waals surface area contributed by atoms with Gasteiger partial charge in [0.1, 0.15) is 5.75 Å². The number of ether oxygens (including phenoxy) is 1. The molecule has 192 valence electrons. The van der Waals surface area contributed by atoms with Gasteiger partial charge in [-0.25, -0.2) is 19.1 Å². The number of thiazole rings is 1. The minimum atomic E-state index is -0.851. The largest absolute Gasteiger partial charge is 0.431 e. The van der Waals surface area contributed by atoms with Gasteiger partial charge in [-0.2, -0.15) is 4.98 Å². The topological polar surface area (TPSA) is 128 Å². The fourth-order valence-corrected chi connectivity index (χ4v) is 4.17. The molecule has 4 aromatic rings. The van der Waals surface area contributed by atoms with Crippen LogP contribution in [0, 0.1) is 6.92 Å². The van der Waals surface area contributed by atoms with E-state index >= 15 is 0 Å². The molecule has 0 unspecified atom stereocenters. The molecule has 2 N–H and O–H groups in total. The number of nitrogens with one attached hydrogen (secondary N) is 1. The summed E-state index contributed by atoms with van der Waals surface area (Å²) in [4.78, 5) is 47.6. The third kappa shape index (κ3) is 6.91. The van der Waals surface area contributed by atoms with E-state index in [1.165, 1.54) is 15.9 Å². The molecule has 12 heteroatoms. The van der Waals surface area contributed by atoms with Crippen molar-refractivity contribution in [3.05, 3.63) is 91.2 Å². The smallest absolute Gasteiger partial charge is 0.355 e. The predicted octanol–water partition coefficient (Wildman–Crippen LogP) is 3.75. The summed E-state index contributed by atoms with van der Waals surface area (Å²) in [5.74, 6) is 0.247. The van der Waals surface area contributed by atoms with Gasteiger partial charge in [0.15, 0.2) is 5.78 Å². The number of rotatable bonds is 11. The molecule has 0 saturated heterocycles. The van der Waals surface area contributed by atoms with E-state index in [4.69, 9.17) is 21.4 Å². The molecule has 37 heavy (non-hydrogen) atoms. The second kappa shape index (κ2) is 12.0. The maximum Gasteiger partial charge on any atom is 0.355 e. The van der Waals surface area contributed by atoms with Crippen molar-refractivity contribution in [3.8, 4) is 10.9 Å². The maximum absolute atomic E-state index is 13.3. The first kappa shape index (κ1) is 26.3. The number of aliphatic hydroxyl groups is 1. The number of hydrogen-bond acceptors (Lipinski definition) is 9. The van der Waals surface area contributed by atoms with Crippen molar-refractivity contribution < 1.29 is 14.6 Å². The Morgan fingerprint density at radius 1 is 1.11 bits per heavy atom. The molecule has 0 aliphatic heterocycles. The molecule has 0 atom stereocenters. The number of carbonyl (C=O) groups excluding carboxylic acids is 1. The summed E-state index contributed by atoms with van der Waals surface area (Å²) in [6, 6.07) is 13.8. The second-order valence-electron chi connectivity index (χ2n) is 8.15. The molecule has 0 spiro atoms. The Kier molecular flexibility index (Phi) is 8.49. The Bertz CT molecular complexity index is 1500. The molecular formula is C25H24ClN5O5S. The number of anilines is 2. The molecule has 2 aromatic heterocycles. The number of aromatic nitrogens is 4. The van der Waals surface area contributed by atoms with Gasteiger partial charge in [0.25, 0.3) is 5.19 Å². The van der Waals surface area contributed by atoms with Crippen LogP contribution in [0.1, 0.15) is 23.3 Å². The highest BCUT2D eigenvalue weighted by Gasteiger charge is 2.16. The number of hydrogen-bond donors (Lipinski definition) is 2. The summed E-state index contributed by atoms with van der Waals surface area (Å²) in [6.45, 7) is 1.44. The van der Waals surface area contributed by atoms with E-state index in [0.717, 1.165) is 15.0 Å². The number of aliphatic hydroxyl groups excluding tert-OH is 1. The van der Waals surface area contributed by atoms with Gasteiger partial charge >= 0.3 is 11.4 Å². The fraction of sp³-hybridized carbons (Fsp3) is 0.240. The Morgan fingerprint density at radius 3 is 2.49 bits per heavy atom. The Balaban J connectivity index is 1.63. The molecule has 10 nitrogen and oxygen atoms in total. The normalized spacial score (nSPS) is 10.9. The number of carbonyl (C=O) groups is 1. The van der Waals surface area contributed by atoms with Crippen LogP contribution in [0.5, 0.6) is 10.9 Å². The minimum Gasteiger partial charge on any atom is -0.431 e. The van der Waals surface area contributed by atoms with Gasteiger partial charge in [0.2, 0.25) is 5.95 Å². The summed E-state index contributed by atoms with van der Waals surface area (Å²) in [5.41, 5.74) is -0.226. The average molecular weight is 542 g/mol. The van der Waals surface area contributed by atoms with E-state index in [9.17, 15) is 14.4 Å². The standard InChI is InChI=1S/C25H24ClN5O5S/c1-16-13-27-24(37-16)36-21-10-8-19(9-11-21)28-22-29-23(34)31(15-20(33)3-2-12-32)25(35)30(22)14-17-4-6-18(26)7-5-17/h4-11,13,32H,2-3,12,14-15H2,1H3,(H,28,29,34). The second-order valence-corrected chi connectivity index (χ2v) is 9.79. The summed E-state index contributed by atoms with van der Waals surface area (Å²) in [7, 11) is 0. The molecule has 0 aliphatic rings. The average Bonchev–Trinajstić information content (AvgIpc) is 3.29. The monoisotopic (exact) mass is 541 g/mol. The van der Waals surface area contributed by atoms with Gasteiger partial charge in [-0.1, -0.05) is 35.1 Å². The van der Waals surface area contributed by atoms with Gasteiger partial charge in [-0.05, 0) is 55.3 Å². The van der Waals surface area contributed by atoms with Crippen molar-refractivity contribution in [3.63, 3.8) is 0 Å². The highest BCUT2D eigenvalue weighted by Crippen LogP contribution is 2.27. The van der Waals surface area contributed by atoms with Crippen LogP contribution < -0.4 is 21.4 Å². The van der Waals surface area contributed by atoms with Crippen LogP contribution in [0.15, 0.2) is 64.3 Å². The van der Waals surface area contributed by atoms with Crippen molar-refractivity contribution in [2.75, 3.05) is 11.9 Å². The molecule has 0 saturated carbocycles. The lowest BCUT2D eigenvalue weighted by atomic mass is 10.2. The number of benzene rings is 2. The number of halogens is 1. The molecule has 2 aromatic carbocycles. The summed E-state index contributed by atoms with van der Waals surface area (Å²) >= 11 is 7.41. The zero-order chi connectivity index (χ0) is 26.4. The SMILES string of the molecule is Cc1cnc(Oc2ccc(Nc3nc(=O)n(CC(=O)CCCO)c(=O)n3Cc3ccc(Cl)cc3)cc2)s1. The number of nitrogens with zero attached hydrogens (tertiary/aromatic N) is 4. The molecule has 0 fully saturated rings. The quantitative estimate of drug-likeness (QED) is 0.294. The molecular weight excluding hydrogens is 518 g/mol. The zero-order valence-corrected chi connectivity index (χ0v) is 21.5. The first-order chi connectivity index (χ1) is 17.8. The first-order valence-electron chi connectivity index (χ1n) is 11.4. The summed E-state index contributed by atoms with van der Waals surface area (Å²) < 4.78 is 7.82. The minimum absolute atomic E-state index is 0.0215. The molecule has 4 rings (SSSR count). The fourth-order valence-electron chi connectivity index (χ4n) is 3.42. The van der Waals surface area contributed by atoms with E-state index in [0.29, 0.717) is 21.7 Å². The van der Waals surface area contributed by atoms with Gasteiger partial charge < -0.3 is 15.2 Å². The molecule has 0 aliphatic carbocycles. The Hall–Kier alpha value is -3.80. The third-order valence-electron chi connectivity index (χ3n) is 5.27. The summed E-state index contributed by atoms with van der Waals surface area (Å²) in [6.07, 6.45) is 2.03. The number of aryl methyl sites for hydroxylation is 1. The van der Waals surface area contributed by atoms with Crippen molar-refractivity contribution in [2.45, 2.75) is 32.9 Å². The summed E-state index contributed by atoms with van der Waals surface area (Å²) in [5, 5.41) is 13.0.